The molecule has 2 N–H and O–H groups in total. The third-order valence-corrected chi connectivity index (χ3v) is 4.85. The number of esters is 1. The van der Waals surface area contributed by atoms with Gasteiger partial charge in [-0.05, 0) is 48.6 Å². The number of nitrogens with one attached hydrogen (secondary N) is 2. The van der Waals surface area contributed by atoms with Crippen molar-refractivity contribution in [2.24, 2.45) is 5.92 Å². The van der Waals surface area contributed by atoms with E-state index in [1.165, 1.54) is 18.3 Å². The summed E-state index contributed by atoms with van der Waals surface area (Å²) in [7, 11) is 0. The topological polar surface area (TPSA) is 84.5 Å². The lowest BCUT2D eigenvalue weighted by Gasteiger charge is -2.22. The van der Waals surface area contributed by atoms with Gasteiger partial charge in [0.2, 0.25) is 0 Å². The number of hydrogen-bond acceptors (Lipinski definition) is 5. The maximum atomic E-state index is 12.5. The minimum absolute atomic E-state index is 0.201. The minimum atomic E-state index is -1.02. The molecule has 144 valence electrons. The van der Waals surface area contributed by atoms with Crippen LogP contribution in [0.4, 0.5) is 5.69 Å². The second-order valence-electron chi connectivity index (χ2n) is 6.25. The molecule has 0 radical (unpaired) electrons. The largest absolute Gasteiger partial charge is 0.451 e. The van der Waals surface area contributed by atoms with E-state index in [2.05, 4.69) is 10.6 Å². The predicted molar refractivity (Wildman–Crippen MR) is 106 cm³/mol. The molecule has 0 aliphatic rings. The Morgan fingerprint density at radius 3 is 2.30 bits per heavy atom. The minimum Gasteiger partial charge on any atom is -0.451 e. The monoisotopic (exact) mass is 408 g/mol. The van der Waals surface area contributed by atoms with Crippen molar-refractivity contribution in [1.29, 1.82) is 0 Å². The van der Waals surface area contributed by atoms with Crippen molar-refractivity contribution in [2.45, 2.75) is 32.9 Å². The average Bonchev–Trinajstić information content (AvgIpc) is 3.15. The van der Waals surface area contributed by atoms with Gasteiger partial charge in [0.15, 0.2) is 6.10 Å². The highest BCUT2D eigenvalue weighted by molar-refractivity contribution is 7.12. The molecular weight excluding hydrogens is 388 g/mol. The fourth-order valence-corrected chi connectivity index (χ4v) is 2.95. The summed E-state index contributed by atoms with van der Waals surface area (Å²) in [6.07, 6.45) is -1.02. The van der Waals surface area contributed by atoms with E-state index in [-0.39, 0.29) is 11.8 Å². The molecule has 1 heterocycles. The molecule has 0 spiro atoms. The Morgan fingerprint density at radius 1 is 1.07 bits per heavy atom. The first-order chi connectivity index (χ1) is 12.8. The standard InChI is InChI=1S/C19H21ClN2O4S/c1-11(2)16(22-18(24)15-5-4-10-27-15)19(25)26-12(3)17(23)21-14-8-6-13(20)7-9-14/h4-12,16H,1-3H3,(H,21,23)(H,22,24)/t12-,16+/m0/s1. The van der Waals surface area contributed by atoms with Crippen molar-refractivity contribution in [3.63, 3.8) is 0 Å². The third-order valence-electron chi connectivity index (χ3n) is 3.73. The molecule has 0 bridgehead atoms. The molecule has 1 aromatic carbocycles. The quantitative estimate of drug-likeness (QED) is 0.683. The van der Waals surface area contributed by atoms with Crippen LogP contribution in [0.15, 0.2) is 41.8 Å². The first-order valence-electron chi connectivity index (χ1n) is 8.39. The van der Waals surface area contributed by atoms with Gasteiger partial charge in [-0.2, -0.15) is 0 Å². The van der Waals surface area contributed by atoms with Crippen LogP contribution in [0.25, 0.3) is 0 Å². The van der Waals surface area contributed by atoms with E-state index < -0.39 is 24.0 Å². The molecule has 2 aromatic rings. The smallest absolute Gasteiger partial charge is 0.329 e. The lowest BCUT2D eigenvalue weighted by atomic mass is 10.0. The molecule has 6 nitrogen and oxygen atoms in total. The fourth-order valence-electron chi connectivity index (χ4n) is 2.20. The average molecular weight is 409 g/mol. The van der Waals surface area contributed by atoms with Crippen LogP contribution in [0, 0.1) is 5.92 Å². The molecule has 2 atom stereocenters. The molecule has 27 heavy (non-hydrogen) atoms. The van der Waals surface area contributed by atoms with Crippen molar-refractivity contribution in [3.8, 4) is 0 Å². The van der Waals surface area contributed by atoms with Crippen LogP contribution in [0.2, 0.25) is 5.02 Å². The van der Waals surface area contributed by atoms with Gasteiger partial charge in [-0.15, -0.1) is 11.3 Å². The van der Waals surface area contributed by atoms with Crippen LogP contribution in [-0.4, -0.2) is 29.9 Å². The molecule has 2 amide bonds. The van der Waals surface area contributed by atoms with E-state index in [0.717, 1.165) is 0 Å². The van der Waals surface area contributed by atoms with Gasteiger partial charge in [0.25, 0.3) is 11.8 Å². The fraction of sp³-hybridized carbons (Fsp3) is 0.316. The molecule has 0 aliphatic carbocycles. The highest BCUT2D eigenvalue weighted by Crippen LogP contribution is 2.15. The summed E-state index contributed by atoms with van der Waals surface area (Å²) in [6.45, 7) is 5.06. The van der Waals surface area contributed by atoms with Crippen molar-refractivity contribution < 1.29 is 19.1 Å². The maximum absolute atomic E-state index is 12.5. The summed E-state index contributed by atoms with van der Waals surface area (Å²) in [4.78, 5) is 37.4. The van der Waals surface area contributed by atoms with E-state index in [9.17, 15) is 14.4 Å². The zero-order chi connectivity index (χ0) is 20.0. The highest BCUT2D eigenvalue weighted by Gasteiger charge is 2.29. The highest BCUT2D eigenvalue weighted by atomic mass is 35.5. The first-order valence-corrected chi connectivity index (χ1v) is 9.65. The molecule has 0 aliphatic heterocycles. The second-order valence-corrected chi connectivity index (χ2v) is 7.63. The number of carbonyl (C=O) groups excluding carboxylic acids is 3. The van der Waals surface area contributed by atoms with Crippen molar-refractivity contribution in [3.05, 3.63) is 51.7 Å². The van der Waals surface area contributed by atoms with Crippen LogP contribution in [0.1, 0.15) is 30.4 Å². The summed E-state index contributed by atoms with van der Waals surface area (Å²) in [5, 5.41) is 7.64. The SMILES string of the molecule is CC(C)[C@@H](NC(=O)c1cccs1)C(=O)O[C@@H](C)C(=O)Nc1ccc(Cl)cc1. The molecular formula is C19H21ClN2O4S. The molecule has 0 saturated carbocycles. The van der Waals surface area contributed by atoms with Crippen molar-refractivity contribution in [1.82, 2.24) is 5.32 Å². The molecule has 0 fully saturated rings. The van der Waals surface area contributed by atoms with Gasteiger partial charge >= 0.3 is 5.97 Å². The third kappa shape index (κ3) is 6.08. The number of halogens is 1. The number of anilines is 1. The number of benzene rings is 1. The van der Waals surface area contributed by atoms with E-state index in [0.29, 0.717) is 15.6 Å². The number of carbonyl (C=O) groups is 3. The van der Waals surface area contributed by atoms with E-state index >= 15 is 0 Å². The summed E-state index contributed by atoms with van der Waals surface area (Å²) < 4.78 is 5.26. The van der Waals surface area contributed by atoms with E-state index in [1.807, 2.05) is 0 Å². The van der Waals surface area contributed by atoms with E-state index in [4.69, 9.17) is 16.3 Å². The Kier molecular flexibility index (Phi) is 7.38. The van der Waals surface area contributed by atoms with Gasteiger partial charge in [0, 0.05) is 10.7 Å². The Balaban J connectivity index is 1.95. The predicted octanol–water partition coefficient (Wildman–Crippen LogP) is 3.73. The zero-order valence-electron chi connectivity index (χ0n) is 15.2. The zero-order valence-corrected chi connectivity index (χ0v) is 16.8. The van der Waals surface area contributed by atoms with Gasteiger partial charge in [-0.3, -0.25) is 9.59 Å². The number of rotatable bonds is 7. The summed E-state index contributed by atoms with van der Waals surface area (Å²) in [6, 6.07) is 9.15. The molecule has 2 rings (SSSR count). The van der Waals surface area contributed by atoms with Crippen LogP contribution in [0.5, 0.6) is 0 Å². The van der Waals surface area contributed by atoms with E-state index in [1.54, 1.807) is 55.6 Å². The van der Waals surface area contributed by atoms with Crippen LogP contribution in [0.3, 0.4) is 0 Å². The van der Waals surface area contributed by atoms with Gasteiger partial charge in [0.05, 0.1) is 4.88 Å². The Morgan fingerprint density at radius 2 is 1.74 bits per heavy atom. The maximum Gasteiger partial charge on any atom is 0.329 e. The number of amides is 2. The Bertz CT molecular complexity index is 791. The lowest BCUT2D eigenvalue weighted by Crippen LogP contribution is -2.47. The number of thiophene rings is 1. The second kappa shape index (κ2) is 9.53. The molecule has 1 aromatic heterocycles. The summed E-state index contributed by atoms with van der Waals surface area (Å²) in [5.41, 5.74) is 0.540. The van der Waals surface area contributed by atoms with Crippen molar-refractivity contribution >= 4 is 46.4 Å². The van der Waals surface area contributed by atoms with Crippen LogP contribution in [-0.2, 0) is 14.3 Å². The normalized spacial score (nSPS) is 12.9. The molecule has 0 unspecified atom stereocenters. The Labute approximate surface area is 166 Å². The van der Waals surface area contributed by atoms with Crippen LogP contribution < -0.4 is 10.6 Å². The van der Waals surface area contributed by atoms with Gasteiger partial charge < -0.3 is 15.4 Å². The van der Waals surface area contributed by atoms with Crippen LogP contribution >= 0.6 is 22.9 Å². The van der Waals surface area contributed by atoms with Crippen molar-refractivity contribution in [2.75, 3.05) is 5.32 Å². The summed E-state index contributed by atoms with van der Waals surface area (Å²) >= 11 is 7.09. The summed E-state index contributed by atoms with van der Waals surface area (Å²) in [5.74, 6) is -1.68. The number of ether oxygens (including phenoxy) is 1. The van der Waals surface area contributed by atoms with Gasteiger partial charge in [0.1, 0.15) is 6.04 Å². The molecule has 0 saturated heterocycles. The van der Waals surface area contributed by atoms with Gasteiger partial charge in [-0.1, -0.05) is 31.5 Å². The first kappa shape index (κ1) is 20.9. The lowest BCUT2D eigenvalue weighted by molar-refractivity contribution is -0.156. The van der Waals surface area contributed by atoms with Gasteiger partial charge in [-0.25, -0.2) is 4.79 Å². The Hall–Kier alpha value is -2.38. The number of hydrogen-bond donors (Lipinski definition) is 2. The molecule has 8 heteroatoms.